The van der Waals surface area contributed by atoms with Gasteiger partial charge in [-0.15, -0.1) is 0 Å². The summed E-state index contributed by atoms with van der Waals surface area (Å²) in [5.74, 6) is -1.48. The summed E-state index contributed by atoms with van der Waals surface area (Å²) in [5, 5.41) is 15.6. The number of ether oxygens (including phenoxy) is 4. The summed E-state index contributed by atoms with van der Waals surface area (Å²) < 4.78 is 25.2. The summed E-state index contributed by atoms with van der Waals surface area (Å²) in [4.78, 5) is 64.4. The van der Waals surface area contributed by atoms with Crippen LogP contribution in [0.2, 0.25) is 0 Å². The number of piperidine rings is 1. The van der Waals surface area contributed by atoms with Gasteiger partial charge in [0.25, 0.3) is 17.7 Å². The number of benzene rings is 4. The van der Waals surface area contributed by atoms with E-state index < -0.39 is 29.7 Å². The number of anilines is 1. The van der Waals surface area contributed by atoms with Gasteiger partial charge < -0.3 is 29.6 Å². The number of imide groups is 2. The highest BCUT2D eigenvalue weighted by Crippen LogP contribution is 2.34. The van der Waals surface area contributed by atoms with Crippen molar-refractivity contribution in [2.45, 2.75) is 52.5 Å². The Hall–Kier alpha value is -6.94. The first kappa shape index (κ1) is 45.6. The van der Waals surface area contributed by atoms with Crippen LogP contribution in [0.25, 0.3) is 27.5 Å². The number of carbonyl (C=O) groups is 5. The van der Waals surface area contributed by atoms with Crippen LogP contribution in [-0.2, 0) is 30.2 Å². The van der Waals surface area contributed by atoms with E-state index in [-0.39, 0.29) is 29.9 Å². The number of hydrogen-bond acceptors (Lipinski definition) is 11. The molecule has 6 aromatic rings. The zero-order valence-corrected chi connectivity index (χ0v) is 37.4. The van der Waals surface area contributed by atoms with Gasteiger partial charge in [0.2, 0.25) is 11.8 Å². The standard InChI is InChI=1S/C51H54N6O9/c1-32-30-36(31-33(2)46(32)42-17-8-16-41-37(34(3)55-57(41)42)14-9-23-66-44-18-6-11-35-10-4-5-12-38(35)44)48(59)53-22-25-64-27-29-65-28-26-63-24-21-52-40-15-7-13-39-47(40)51(62)56(50(39)61)43-19-20-45(58)54-49(43)60/h4-8,10-13,15-18,30-31,43,52H,9,14,19-29H2,1-3H3,(H,53,59)(H,54,58,60). The second-order valence-corrected chi connectivity index (χ2v) is 16.4. The average molecular weight is 895 g/mol. The van der Waals surface area contributed by atoms with Crippen LogP contribution >= 0.6 is 0 Å². The molecule has 0 saturated carbocycles. The Morgan fingerprint density at radius 2 is 1.45 bits per heavy atom. The average Bonchev–Trinajstić information content (AvgIpc) is 3.77. The quantitative estimate of drug-likeness (QED) is 0.0539. The summed E-state index contributed by atoms with van der Waals surface area (Å²) in [6.07, 6.45) is 1.83. The van der Waals surface area contributed by atoms with Crippen LogP contribution in [0, 0.1) is 20.8 Å². The van der Waals surface area contributed by atoms with E-state index >= 15 is 0 Å². The van der Waals surface area contributed by atoms with Crippen LogP contribution in [0.5, 0.6) is 5.75 Å². The van der Waals surface area contributed by atoms with E-state index in [1.165, 1.54) is 5.56 Å². The van der Waals surface area contributed by atoms with Gasteiger partial charge in [-0.05, 0) is 99.0 Å². The first-order valence-corrected chi connectivity index (χ1v) is 22.4. The predicted molar refractivity (Wildman–Crippen MR) is 249 cm³/mol. The molecule has 5 amide bonds. The molecule has 1 fully saturated rings. The first-order chi connectivity index (χ1) is 32.1. The second kappa shape index (κ2) is 20.9. The van der Waals surface area contributed by atoms with E-state index in [4.69, 9.17) is 24.0 Å². The van der Waals surface area contributed by atoms with Crippen molar-refractivity contribution in [2.24, 2.45) is 0 Å². The van der Waals surface area contributed by atoms with Gasteiger partial charge >= 0.3 is 0 Å². The number of carbonyl (C=O) groups excluding carboxylic acids is 5. The zero-order chi connectivity index (χ0) is 46.2. The van der Waals surface area contributed by atoms with Gasteiger partial charge in [-0.2, -0.15) is 5.10 Å². The minimum absolute atomic E-state index is 0.0566. The van der Waals surface area contributed by atoms with Crippen molar-refractivity contribution in [1.82, 2.24) is 25.1 Å². The molecule has 1 saturated heterocycles. The van der Waals surface area contributed by atoms with Gasteiger partial charge in [0.15, 0.2) is 0 Å². The molecular formula is C51H54N6O9. The summed E-state index contributed by atoms with van der Waals surface area (Å²) >= 11 is 0. The molecule has 0 radical (unpaired) electrons. The molecule has 15 nitrogen and oxygen atoms in total. The van der Waals surface area contributed by atoms with Crippen molar-refractivity contribution in [2.75, 3.05) is 64.7 Å². The Kier molecular flexibility index (Phi) is 14.5. The molecule has 15 heteroatoms. The van der Waals surface area contributed by atoms with E-state index in [0.717, 1.165) is 67.9 Å². The van der Waals surface area contributed by atoms with Crippen LogP contribution in [0.4, 0.5) is 5.69 Å². The fourth-order valence-corrected chi connectivity index (χ4v) is 8.78. The summed E-state index contributed by atoms with van der Waals surface area (Å²) in [6.45, 7) is 9.44. The molecular weight excluding hydrogens is 841 g/mol. The summed E-state index contributed by atoms with van der Waals surface area (Å²) in [6, 6.07) is 28.4. The lowest BCUT2D eigenvalue weighted by molar-refractivity contribution is -0.136. The number of hydrogen-bond donors (Lipinski definition) is 3. The Morgan fingerprint density at radius 1 is 0.758 bits per heavy atom. The van der Waals surface area contributed by atoms with Crippen molar-refractivity contribution in [3.63, 3.8) is 0 Å². The normalized spacial score (nSPS) is 14.8. The van der Waals surface area contributed by atoms with Gasteiger partial charge in [0.1, 0.15) is 11.8 Å². The van der Waals surface area contributed by atoms with Gasteiger partial charge in [0, 0.05) is 47.3 Å². The fraction of sp³-hybridized carbons (Fsp3) is 0.333. The minimum Gasteiger partial charge on any atom is -0.493 e. The third kappa shape index (κ3) is 9.98. The number of nitrogens with zero attached hydrogens (tertiary/aromatic N) is 3. The third-order valence-electron chi connectivity index (χ3n) is 11.9. The molecule has 2 aliphatic heterocycles. The molecule has 0 bridgehead atoms. The van der Waals surface area contributed by atoms with Crippen molar-refractivity contribution < 1.29 is 42.9 Å². The smallest absolute Gasteiger partial charge is 0.264 e. The molecule has 66 heavy (non-hydrogen) atoms. The second-order valence-electron chi connectivity index (χ2n) is 16.4. The van der Waals surface area contributed by atoms with E-state index in [9.17, 15) is 24.0 Å². The predicted octanol–water partition coefficient (Wildman–Crippen LogP) is 6.38. The fourth-order valence-electron chi connectivity index (χ4n) is 8.78. The lowest BCUT2D eigenvalue weighted by Gasteiger charge is -2.27. The molecule has 2 aromatic heterocycles. The number of fused-ring (bicyclic) bond motifs is 3. The number of rotatable bonds is 21. The van der Waals surface area contributed by atoms with E-state index in [1.807, 2.05) is 54.8 Å². The molecule has 3 N–H and O–H groups in total. The molecule has 4 heterocycles. The van der Waals surface area contributed by atoms with E-state index in [2.05, 4.69) is 59.3 Å². The minimum atomic E-state index is -1.02. The number of aryl methyl sites for hydroxylation is 4. The Bertz CT molecular complexity index is 2770. The summed E-state index contributed by atoms with van der Waals surface area (Å²) in [7, 11) is 0. The Labute approximate surface area is 382 Å². The highest BCUT2D eigenvalue weighted by Gasteiger charge is 2.45. The van der Waals surface area contributed by atoms with Crippen LogP contribution in [0.1, 0.15) is 72.7 Å². The first-order valence-electron chi connectivity index (χ1n) is 22.4. The monoisotopic (exact) mass is 894 g/mol. The molecule has 342 valence electrons. The molecule has 4 aromatic carbocycles. The van der Waals surface area contributed by atoms with E-state index in [0.29, 0.717) is 70.6 Å². The maximum absolute atomic E-state index is 13.3. The van der Waals surface area contributed by atoms with Crippen LogP contribution in [-0.4, -0.2) is 109 Å². The number of amides is 5. The highest BCUT2D eigenvalue weighted by atomic mass is 16.5. The summed E-state index contributed by atoms with van der Waals surface area (Å²) in [5.41, 5.74) is 8.69. The van der Waals surface area contributed by atoms with Crippen molar-refractivity contribution >= 4 is 51.5 Å². The van der Waals surface area contributed by atoms with Gasteiger partial charge in [-0.1, -0.05) is 48.5 Å². The maximum Gasteiger partial charge on any atom is 0.264 e. The lowest BCUT2D eigenvalue weighted by atomic mass is 9.96. The molecule has 1 atom stereocenters. The van der Waals surface area contributed by atoms with Crippen molar-refractivity contribution in [3.05, 3.63) is 130 Å². The third-order valence-corrected chi connectivity index (χ3v) is 11.9. The van der Waals surface area contributed by atoms with Gasteiger partial charge in [0.05, 0.1) is 74.3 Å². The highest BCUT2D eigenvalue weighted by molar-refractivity contribution is 6.25. The zero-order valence-electron chi connectivity index (χ0n) is 37.4. The molecule has 2 aliphatic rings. The number of nitrogens with one attached hydrogen (secondary N) is 3. The Morgan fingerprint density at radius 3 is 2.23 bits per heavy atom. The maximum atomic E-state index is 13.3. The molecule has 0 spiro atoms. The van der Waals surface area contributed by atoms with Crippen LogP contribution in [0.3, 0.4) is 0 Å². The van der Waals surface area contributed by atoms with Gasteiger partial charge in [-0.25, -0.2) is 4.52 Å². The van der Waals surface area contributed by atoms with Crippen molar-refractivity contribution in [3.8, 4) is 17.0 Å². The van der Waals surface area contributed by atoms with E-state index in [1.54, 1.807) is 18.2 Å². The molecule has 1 unspecified atom stereocenters. The van der Waals surface area contributed by atoms with Crippen LogP contribution in [0.15, 0.2) is 91.0 Å². The molecule has 8 rings (SSSR count). The lowest BCUT2D eigenvalue weighted by Crippen LogP contribution is -2.54. The Balaban J connectivity index is 0.721. The topological polar surface area (TPSA) is 179 Å². The number of pyridine rings is 1. The van der Waals surface area contributed by atoms with Gasteiger partial charge in [-0.3, -0.25) is 34.2 Å². The van der Waals surface area contributed by atoms with Crippen LogP contribution < -0.4 is 20.7 Å². The largest absolute Gasteiger partial charge is 0.493 e. The SMILES string of the molecule is Cc1cc(C(=O)NCCOCCOCCOCCNc2cccc3c2C(=O)N(C2CCC(=O)NC2=O)C3=O)cc(C)c1-c1cccc2c(CCCOc3cccc4ccccc34)c(C)nn12. The number of aromatic nitrogens is 2. The van der Waals surface area contributed by atoms with Crippen molar-refractivity contribution in [1.29, 1.82) is 0 Å². The molecule has 0 aliphatic carbocycles.